The van der Waals surface area contributed by atoms with E-state index in [0.717, 1.165) is 44.6 Å². The molecular weight excluding hydrogens is 400 g/mol. The summed E-state index contributed by atoms with van der Waals surface area (Å²) in [5.74, 6) is 1.34. The Labute approximate surface area is 189 Å². The first-order valence-corrected chi connectivity index (χ1v) is 11.3. The highest BCUT2D eigenvalue weighted by atomic mass is 16.7. The van der Waals surface area contributed by atoms with Gasteiger partial charge >= 0.3 is 0 Å². The number of anilines is 1. The van der Waals surface area contributed by atoms with Gasteiger partial charge in [0.15, 0.2) is 11.5 Å². The molecule has 2 heterocycles. The topological polar surface area (TPSA) is 42.0 Å². The molecule has 0 unspecified atom stereocenters. The lowest BCUT2D eigenvalue weighted by atomic mass is 10.00. The van der Waals surface area contributed by atoms with Crippen molar-refractivity contribution in [1.29, 1.82) is 0 Å². The van der Waals surface area contributed by atoms with Crippen LogP contribution in [0.25, 0.3) is 0 Å². The van der Waals surface area contributed by atoms with Gasteiger partial charge in [0.25, 0.3) is 5.91 Å². The molecule has 5 rings (SSSR count). The number of fused-ring (bicyclic) bond motifs is 1. The molecule has 1 saturated heterocycles. The molecule has 0 aromatic heterocycles. The number of para-hydroxylation sites is 1. The first-order valence-electron chi connectivity index (χ1n) is 11.3. The van der Waals surface area contributed by atoms with Crippen LogP contribution in [-0.4, -0.2) is 43.3 Å². The highest BCUT2D eigenvalue weighted by Crippen LogP contribution is 2.34. The van der Waals surface area contributed by atoms with Crippen LogP contribution in [-0.2, 0) is 6.42 Å². The molecule has 5 heteroatoms. The number of carbonyl (C=O) groups is 1. The predicted octanol–water partition coefficient (Wildman–Crippen LogP) is 4.77. The van der Waals surface area contributed by atoms with Gasteiger partial charge in [-0.25, -0.2) is 0 Å². The summed E-state index contributed by atoms with van der Waals surface area (Å²) in [6.07, 6.45) is 2.98. The van der Waals surface area contributed by atoms with Gasteiger partial charge in [0, 0.05) is 36.9 Å². The zero-order valence-electron chi connectivity index (χ0n) is 18.2. The van der Waals surface area contributed by atoms with E-state index in [4.69, 9.17) is 9.47 Å². The van der Waals surface area contributed by atoms with Crippen molar-refractivity contribution in [2.24, 2.45) is 0 Å². The van der Waals surface area contributed by atoms with Crippen LogP contribution in [0.15, 0.2) is 78.9 Å². The maximum Gasteiger partial charge on any atom is 0.258 e. The van der Waals surface area contributed by atoms with Crippen LogP contribution in [0.1, 0.15) is 28.8 Å². The van der Waals surface area contributed by atoms with Crippen LogP contribution in [0.2, 0.25) is 0 Å². The summed E-state index contributed by atoms with van der Waals surface area (Å²) in [4.78, 5) is 18.1. The van der Waals surface area contributed by atoms with Crippen LogP contribution >= 0.6 is 0 Å². The molecule has 0 N–H and O–H groups in total. The molecule has 164 valence electrons. The smallest absolute Gasteiger partial charge is 0.258 e. The minimum Gasteiger partial charge on any atom is -0.454 e. The van der Waals surface area contributed by atoms with E-state index in [2.05, 4.69) is 35.2 Å². The number of ether oxygens (including phenoxy) is 2. The number of piperidine rings is 1. The quantitative estimate of drug-likeness (QED) is 0.567. The van der Waals surface area contributed by atoms with Crippen LogP contribution in [0, 0.1) is 0 Å². The second kappa shape index (κ2) is 9.45. The third kappa shape index (κ3) is 4.48. The number of carbonyl (C=O) groups excluding carboxylic acids is 1. The largest absolute Gasteiger partial charge is 0.454 e. The Balaban J connectivity index is 1.29. The van der Waals surface area contributed by atoms with Crippen molar-refractivity contribution in [3.8, 4) is 11.5 Å². The number of amides is 1. The van der Waals surface area contributed by atoms with Gasteiger partial charge < -0.3 is 19.3 Å². The zero-order chi connectivity index (χ0) is 21.8. The highest BCUT2D eigenvalue weighted by molar-refractivity contribution is 6.07. The molecule has 5 nitrogen and oxygen atoms in total. The van der Waals surface area contributed by atoms with Gasteiger partial charge in [-0.1, -0.05) is 48.5 Å². The number of hydrogen-bond donors (Lipinski definition) is 0. The van der Waals surface area contributed by atoms with E-state index in [-0.39, 0.29) is 18.7 Å². The van der Waals surface area contributed by atoms with E-state index in [1.807, 2.05) is 47.4 Å². The lowest BCUT2D eigenvalue weighted by Gasteiger charge is -2.38. The summed E-state index contributed by atoms with van der Waals surface area (Å²) in [6.45, 7) is 3.25. The molecule has 32 heavy (non-hydrogen) atoms. The van der Waals surface area contributed by atoms with Crippen LogP contribution in [0.5, 0.6) is 11.5 Å². The average Bonchev–Trinajstić information content (AvgIpc) is 3.33. The maximum absolute atomic E-state index is 13.7. The monoisotopic (exact) mass is 428 g/mol. The third-order valence-electron chi connectivity index (χ3n) is 6.35. The molecule has 0 bridgehead atoms. The van der Waals surface area contributed by atoms with Gasteiger partial charge in [-0.3, -0.25) is 4.79 Å². The molecule has 0 spiro atoms. The molecule has 2 aliphatic rings. The van der Waals surface area contributed by atoms with Crippen molar-refractivity contribution in [1.82, 2.24) is 4.90 Å². The van der Waals surface area contributed by atoms with Gasteiger partial charge in [0.05, 0.1) is 0 Å². The third-order valence-corrected chi connectivity index (χ3v) is 6.35. The minimum atomic E-state index is 0.0113. The van der Waals surface area contributed by atoms with E-state index in [0.29, 0.717) is 17.1 Å². The Morgan fingerprint density at radius 1 is 0.875 bits per heavy atom. The van der Waals surface area contributed by atoms with Crippen LogP contribution < -0.4 is 14.4 Å². The van der Waals surface area contributed by atoms with Crippen LogP contribution in [0.3, 0.4) is 0 Å². The van der Waals surface area contributed by atoms with Gasteiger partial charge in [-0.05, 0) is 55.2 Å². The number of hydrogen-bond acceptors (Lipinski definition) is 4. The number of rotatable bonds is 6. The fraction of sp³-hybridized carbons (Fsp3) is 0.296. The normalized spacial score (nSPS) is 16.1. The molecular formula is C27H28N2O3. The Morgan fingerprint density at radius 3 is 2.31 bits per heavy atom. The molecule has 3 aromatic rings. The Bertz CT molecular complexity index is 1050. The van der Waals surface area contributed by atoms with Crippen LogP contribution in [0.4, 0.5) is 5.69 Å². The summed E-state index contributed by atoms with van der Waals surface area (Å²) in [6, 6.07) is 26.3. The fourth-order valence-electron chi connectivity index (χ4n) is 4.58. The molecule has 0 aliphatic carbocycles. The zero-order valence-corrected chi connectivity index (χ0v) is 18.2. The van der Waals surface area contributed by atoms with E-state index in [9.17, 15) is 4.79 Å². The molecule has 3 aromatic carbocycles. The molecule has 0 saturated carbocycles. The standard InChI is InChI=1S/C27H28N2O3/c30-27(22-11-12-25-26(19-22)32-20-31-25)29(23-9-5-2-6-10-23)24-14-17-28(18-15-24)16-13-21-7-3-1-4-8-21/h1-12,19,24H,13-18,20H2. The SMILES string of the molecule is O=C(c1ccc2c(c1)OCO2)N(c1ccccc1)C1CCN(CCc2ccccc2)CC1. The lowest BCUT2D eigenvalue weighted by Crippen LogP contribution is -2.48. The molecule has 1 fully saturated rings. The second-order valence-corrected chi connectivity index (χ2v) is 8.39. The second-order valence-electron chi connectivity index (χ2n) is 8.39. The van der Waals surface area contributed by atoms with Gasteiger partial charge in [0.1, 0.15) is 0 Å². The Kier molecular flexibility index (Phi) is 6.08. The van der Waals surface area contributed by atoms with Crippen molar-refractivity contribution < 1.29 is 14.3 Å². The number of nitrogens with zero attached hydrogens (tertiary/aromatic N) is 2. The van der Waals surface area contributed by atoms with Gasteiger partial charge in [0.2, 0.25) is 6.79 Å². The summed E-state index contributed by atoms with van der Waals surface area (Å²) in [5.41, 5.74) is 2.95. The average molecular weight is 429 g/mol. The van der Waals surface area contributed by atoms with Crippen molar-refractivity contribution in [3.63, 3.8) is 0 Å². The summed E-state index contributed by atoms with van der Waals surface area (Å²) < 4.78 is 10.9. The summed E-state index contributed by atoms with van der Waals surface area (Å²) in [7, 11) is 0. The maximum atomic E-state index is 13.7. The van der Waals surface area contributed by atoms with Gasteiger partial charge in [-0.2, -0.15) is 0 Å². The first-order chi connectivity index (χ1) is 15.8. The minimum absolute atomic E-state index is 0.0113. The summed E-state index contributed by atoms with van der Waals surface area (Å²) >= 11 is 0. The molecule has 0 radical (unpaired) electrons. The lowest BCUT2D eigenvalue weighted by molar-refractivity contribution is 0.0960. The first kappa shape index (κ1) is 20.6. The van der Waals surface area contributed by atoms with Crippen molar-refractivity contribution in [2.75, 3.05) is 31.3 Å². The number of benzene rings is 3. The van der Waals surface area contributed by atoms with E-state index >= 15 is 0 Å². The van der Waals surface area contributed by atoms with E-state index in [1.165, 1.54) is 5.56 Å². The fourth-order valence-corrected chi connectivity index (χ4v) is 4.58. The molecule has 2 aliphatic heterocycles. The van der Waals surface area contributed by atoms with Gasteiger partial charge in [-0.15, -0.1) is 0 Å². The predicted molar refractivity (Wildman–Crippen MR) is 125 cm³/mol. The molecule has 0 atom stereocenters. The number of likely N-dealkylation sites (tertiary alicyclic amines) is 1. The molecule has 1 amide bonds. The summed E-state index contributed by atoms with van der Waals surface area (Å²) in [5, 5.41) is 0. The van der Waals surface area contributed by atoms with Crippen molar-refractivity contribution in [2.45, 2.75) is 25.3 Å². The van der Waals surface area contributed by atoms with Crippen molar-refractivity contribution in [3.05, 3.63) is 90.0 Å². The van der Waals surface area contributed by atoms with E-state index in [1.54, 1.807) is 6.07 Å². The Hall–Kier alpha value is -3.31. The highest BCUT2D eigenvalue weighted by Gasteiger charge is 2.30. The Morgan fingerprint density at radius 2 is 1.56 bits per heavy atom. The van der Waals surface area contributed by atoms with Crippen molar-refractivity contribution >= 4 is 11.6 Å². The van der Waals surface area contributed by atoms with E-state index < -0.39 is 0 Å².